The summed E-state index contributed by atoms with van der Waals surface area (Å²) in [4.78, 5) is 16.5. The van der Waals surface area contributed by atoms with Crippen molar-refractivity contribution in [2.75, 3.05) is 19.6 Å². The van der Waals surface area contributed by atoms with Crippen LogP contribution in [0.25, 0.3) is 10.4 Å². The third-order valence-corrected chi connectivity index (χ3v) is 5.87. The molecule has 120 valence electrons. The van der Waals surface area contributed by atoms with Gasteiger partial charge in [0.25, 0.3) is 5.91 Å². The molecule has 2 fully saturated rings. The van der Waals surface area contributed by atoms with Crippen LogP contribution in [0.15, 0.2) is 36.4 Å². The highest BCUT2D eigenvalue weighted by Gasteiger charge is 2.33. The molecule has 2 bridgehead atoms. The molecular weight excluding hydrogens is 311 g/mol. The topological polar surface area (TPSA) is 32.3 Å². The molecule has 2 saturated heterocycles. The highest BCUT2D eigenvalue weighted by atomic mass is 32.1. The molecule has 3 heterocycles. The molecule has 1 N–H and O–H groups in total. The first-order chi connectivity index (χ1) is 11.2. The highest BCUT2D eigenvalue weighted by Crippen LogP contribution is 2.30. The number of piperidine rings is 1. The summed E-state index contributed by atoms with van der Waals surface area (Å²) in [7, 11) is 0. The Kier molecular flexibility index (Phi) is 3.91. The van der Waals surface area contributed by atoms with Crippen molar-refractivity contribution >= 4 is 17.2 Å². The van der Waals surface area contributed by atoms with Crippen LogP contribution >= 0.6 is 11.3 Å². The van der Waals surface area contributed by atoms with Gasteiger partial charge in [-0.3, -0.25) is 4.79 Å². The average molecular weight is 330 g/mol. The van der Waals surface area contributed by atoms with Gasteiger partial charge in [0.2, 0.25) is 0 Å². The Hall–Kier alpha value is -1.72. The van der Waals surface area contributed by atoms with E-state index in [1.54, 1.807) is 6.07 Å². The number of carbonyl (C=O) groups excluding carboxylic acids is 1. The summed E-state index contributed by atoms with van der Waals surface area (Å²) in [6.07, 6.45) is 2.35. The quantitative estimate of drug-likeness (QED) is 0.936. The van der Waals surface area contributed by atoms with Crippen LogP contribution in [0.3, 0.4) is 0 Å². The summed E-state index contributed by atoms with van der Waals surface area (Å²) in [5.41, 5.74) is 0.816. The maximum atomic E-state index is 13.3. The summed E-state index contributed by atoms with van der Waals surface area (Å²) in [6.45, 7) is 3.32. The van der Waals surface area contributed by atoms with Gasteiger partial charge in [-0.15, -0.1) is 11.3 Å². The SMILES string of the molecule is O=C(NC1CC2CCN(C2)C1)c1ccc(-c2cccc(F)c2)s1. The first kappa shape index (κ1) is 14.8. The Morgan fingerprint density at radius 2 is 2.17 bits per heavy atom. The van der Waals surface area contributed by atoms with E-state index in [1.165, 1.54) is 43.0 Å². The van der Waals surface area contributed by atoms with Crippen LogP contribution in [0.4, 0.5) is 4.39 Å². The third-order valence-electron chi connectivity index (χ3n) is 4.74. The lowest BCUT2D eigenvalue weighted by Crippen LogP contribution is -2.46. The maximum absolute atomic E-state index is 13.3. The number of amides is 1. The van der Waals surface area contributed by atoms with Gasteiger partial charge in [0.05, 0.1) is 4.88 Å². The van der Waals surface area contributed by atoms with Crippen molar-refractivity contribution in [2.24, 2.45) is 5.92 Å². The predicted octanol–water partition coefficient (Wildman–Crippen LogP) is 3.38. The van der Waals surface area contributed by atoms with Gasteiger partial charge in [0.1, 0.15) is 5.82 Å². The van der Waals surface area contributed by atoms with E-state index in [2.05, 4.69) is 10.2 Å². The van der Waals surface area contributed by atoms with E-state index in [4.69, 9.17) is 0 Å². The van der Waals surface area contributed by atoms with Crippen molar-refractivity contribution in [3.05, 3.63) is 47.1 Å². The molecule has 0 spiro atoms. The van der Waals surface area contributed by atoms with Crippen LogP contribution < -0.4 is 5.32 Å². The fourth-order valence-electron chi connectivity index (χ4n) is 3.68. The summed E-state index contributed by atoms with van der Waals surface area (Å²) in [5.74, 6) is 0.471. The molecule has 5 heteroatoms. The number of nitrogens with one attached hydrogen (secondary N) is 1. The smallest absolute Gasteiger partial charge is 0.261 e. The van der Waals surface area contributed by atoms with Crippen LogP contribution in [0.1, 0.15) is 22.5 Å². The second-order valence-corrected chi connectivity index (χ2v) is 7.58. The molecule has 0 radical (unpaired) electrons. The normalized spacial score (nSPS) is 26.2. The number of rotatable bonds is 3. The zero-order chi connectivity index (χ0) is 15.8. The minimum atomic E-state index is -0.256. The van der Waals surface area contributed by atoms with E-state index < -0.39 is 0 Å². The van der Waals surface area contributed by atoms with Crippen molar-refractivity contribution in [3.8, 4) is 10.4 Å². The molecule has 4 rings (SSSR count). The molecule has 3 atom stereocenters. The van der Waals surface area contributed by atoms with Crippen molar-refractivity contribution in [2.45, 2.75) is 18.9 Å². The number of fused-ring (bicyclic) bond motifs is 2. The van der Waals surface area contributed by atoms with E-state index in [9.17, 15) is 9.18 Å². The fourth-order valence-corrected chi connectivity index (χ4v) is 4.58. The van der Waals surface area contributed by atoms with Gasteiger partial charge in [0.15, 0.2) is 0 Å². The van der Waals surface area contributed by atoms with Crippen molar-refractivity contribution in [1.82, 2.24) is 10.2 Å². The maximum Gasteiger partial charge on any atom is 0.261 e. The molecule has 0 saturated carbocycles. The van der Waals surface area contributed by atoms with Gasteiger partial charge in [-0.25, -0.2) is 4.39 Å². The fraction of sp³-hybridized carbons (Fsp3) is 0.389. The molecule has 1 aromatic heterocycles. The van der Waals surface area contributed by atoms with Gasteiger partial charge in [-0.05, 0) is 55.1 Å². The molecule has 23 heavy (non-hydrogen) atoms. The highest BCUT2D eigenvalue weighted by molar-refractivity contribution is 7.17. The molecule has 2 aromatic rings. The number of hydrogen-bond acceptors (Lipinski definition) is 3. The summed E-state index contributed by atoms with van der Waals surface area (Å²) < 4.78 is 13.3. The average Bonchev–Trinajstić information content (AvgIpc) is 3.14. The monoisotopic (exact) mass is 330 g/mol. The van der Waals surface area contributed by atoms with E-state index in [0.717, 1.165) is 29.3 Å². The molecule has 2 aliphatic heterocycles. The molecular formula is C18H19FN2OS. The molecule has 2 aliphatic rings. The number of nitrogens with zero attached hydrogens (tertiary/aromatic N) is 1. The predicted molar refractivity (Wildman–Crippen MR) is 90.1 cm³/mol. The van der Waals surface area contributed by atoms with E-state index in [1.807, 2.05) is 18.2 Å². The number of hydrogen-bond donors (Lipinski definition) is 1. The molecule has 1 amide bonds. The number of halogens is 1. The lowest BCUT2D eigenvalue weighted by atomic mass is 9.97. The van der Waals surface area contributed by atoms with E-state index in [0.29, 0.717) is 4.88 Å². The first-order valence-electron chi connectivity index (χ1n) is 8.06. The molecule has 3 unspecified atom stereocenters. The Balaban J connectivity index is 1.45. The molecule has 3 nitrogen and oxygen atoms in total. The first-order valence-corrected chi connectivity index (χ1v) is 8.88. The van der Waals surface area contributed by atoms with E-state index >= 15 is 0 Å². The van der Waals surface area contributed by atoms with Crippen LogP contribution in [0, 0.1) is 11.7 Å². The Morgan fingerprint density at radius 3 is 3.00 bits per heavy atom. The zero-order valence-corrected chi connectivity index (χ0v) is 13.6. The molecule has 1 aromatic carbocycles. The van der Waals surface area contributed by atoms with Crippen molar-refractivity contribution in [3.63, 3.8) is 0 Å². The van der Waals surface area contributed by atoms with Crippen LogP contribution in [-0.4, -0.2) is 36.5 Å². The van der Waals surface area contributed by atoms with Gasteiger partial charge >= 0.3 is 0 Å². The van der Waals surface area contributed by atoms with Crippen molar-refractivity contribution < 1.29 is 9.18 Å². The summed E-state index contributed by atoms with van der Waals surface area (Å²) >= 11 is 1.42. The van der Waals surface area contributed by atoms with Gasteiger partial charge in [0, 0.05) is 24.0 Å². The van der Waals surface area contributed by atoms with E-state index in [-0.39, 0.29) is 17.8 Å². The lowest BCUT2D eigenvalue weighted by molar-refractivity contribution is 0.0913. The van der Waals surface area contributed by atoms with Crippen LogP contribution in [0.5, 0.6) is 0 Å². The minimum Gasteiger partial charge on any atom is -0.347 e. The van der Waals surface area contributed by atoms with Crippen LogP contribution in [-0.2, 0) is 0 Å². The largest absolute Gasteiger partial charge is 0.347 e. The zero-order valence-electron chi connectivity index (χ0n) is 12.8. The number of carbonyl (C=O) groups is 1. The molecule has 0 aliphatic carbocycles. The Morgan fingerprint density at radius 1 is 1.26 bits per heavy atom. The van der Waals surface area contributed by atoms with Gasteiger partial charge < -0.3 is 10.2 Å². The van der Waals surface area contributed by atoms with Crippen LogP contribution in [0.2, 0.25) is 0 Å². The lowest BCUT2D eigenvalue weighted by Gasteiger charge is -2.30. The van der Waals surface area contributed by atoms with Crippen molar-refractivity contribution in [1.29, 1.82) is 0 Å². The minimum absolute atomic E-state index is 0.00912. The summed E-state index contributed by atoms with van der Waals surface area (Å²) in [5, 5.41) is 3.17. The standard InChI is InChI=1S/C18H19FN2OS/c19-14-3-1-2-13(9-14)16-4-5-17(23-16)18(22)20-15-8-12-6-7-21(10-12)11-15/h1-5,9,12,15H,6-8,10-11H2,(H,20,22). The second-order valence-electron chi connectivity index (χ2n) is 6.49. The van der Waals surface area contributed by atoms with Gasteiger partial charge in [-0.1, -0.05) is 12.1 Å². The third kappa shape index (κ3) is 3.16. The number of benzene rings is 1. The Labute approximate surface area is 139 Å². The van der Waals surface area contributed by atoms with Gasteiger partial charge in [-0.2, -0.15) is 0 Å². The Bertz CT molecular complexity index is 717. The second kappa shape index (κ2) is 6.06. The summed E-state index contributed by atoms with van der Waals surface area (Å²) in [6, 6.07) is 10.5. The number of thiophene rings is 1.